The van der Waals surface area contributed by atoms with Gasteiger partial charge < -0.3 is 4.57 Å². The fourth-order valence-corrected chi connectivity index (χ4v) is 3.94. The molecule has 0 radical (unpaired) electrons. The molecule has 0 aromatic carbocycles. The molecule has 1 saturated heterocycles. The molecule has 0 saturated carbocycles. The molecule has 0 aliphatic carbocycles. The molecule has 1 aliphatic rings. The highest BCUT2D eigenvalue weighted by Crippen LogP contribution is 2.21. The summed E-state index contributed by atoms with van der Waals surface area (Å²) in [5, 5.41) is 2.02. The van der Waals surface area contributed by atoms with Crippen molar-refractivity contribution in [2.24, 2.45) is 0 Å². The van der Waals surface area contributed by atoms with Crippen LogP contribution < -0.4 is 5.32 Å². The number of nitrogens with one attached hydrogen (secondary N) is 1. The van der Waals surface area contributed by atoms with Gasteiger partial charge in [0.05, 0.1) is 6.54 Å². The van der Waals surface area contributed by atoms with E-state index in [1.807, 2.05) is 6.92 Å². The Kier molecular flexibility index (Phi) is 4.15. The SMILES string of the molecule is CCC1C(=O)NC(=O)CN1S(=O)(=O)c1cn(CC)c(C)n1. The highest BCUT2D eigenvalue weighted by Gasteiger charge is 2.41. The number of sulfonamides is 1. The summed E-state index contributed by atoms with van der Waals surface area (Å²) >= 11 is 0. The quantitative estimate of drug-likeness (QED) is 0.765. The summed E-state index contributed by atoms with van der Waals surface area (Å²) in [6.07, 6.45) is 1.71. The molecule has 116 valence electrons. The first-order valence-electron chi connectivity index (χ1n) is 6.70. The number of aryl methyl sites for hydroxylation is 2. The lowest BCUT2D eigenvalue weighted by atomic mass is 10.2. The molecule has 1 N–H and O–H groups in total. The summed E-state index contributed by atoms with van der Waals surface area (Å²) in [7, 11) is -3.98. The predicted molar refractivity (Wildman–Crippen MR) is 73.8 cm³/mol. The van der Waals surface area contributed by atoms with Gasteiger partial charge in [0.1, 0.15) is 11.9 Å². The first kappa shape index (κ1) is 15.6. The number of amides is 2. The summed E-state index contributed by atoms with van der Waals surface area (Å²) in [6, 6.07) is -0.889. The number of rotatable bonds is 4. The van der Waals surface area contributed by atoms with Gasteiger partial charge in [-0.1, -0.05) is 6.92 Å². The number of piperazine rings is 1. The van der Waals surface area contributed by atoms with E-state index in [0.29, 0.717) is 12.4 Å². The lowest BCUT2D eigenvalue weighted by Gasteiger charge is -2.31. The van der Waals surface area contributed by atoms with Crippen molar-refractivity contribution in [1.82, 2.24) is 19.2 Å². The van der Waals surface area contributed by atoms with E-state index in [9.17, 15) is 18.0 Å². The molecule has 0 spiro atoms. The topological polar surface area (TPSA) is 101 Å². The molecular formula is C12H18N4O4S. The number of carbonyl (C=O) groups is 2. The fraction of sp³-hybridized carbons (Fsp3) is 0.583. The van der Waals surface area contributed by atoms with Crippen LogP contribution in [-0.4, -0.2) is 46.7 Å². The maximum atomic E-state index is 12.6. The molecular weight excluding hydrogens is 296 g/mol. The van der Waals surface area contributed by atoms with Gasteiger partial charge in [-0.2, -0.15) is 4.31 Å². The van der Waals surface area contributed by atoms with E-state index in [1.54, 1.807) is 18.4 Å². The summed E-state index contributed by atoms with van der Waals surface area (Å²) in [4.78, 5) is 27.3. The zero-order chi connectivity index (χ0) is 15.8. The van der Waals surface area contributed by atoms with E-state index in [4.69, 9.17) is 0 Å². The minimum absolute atomic E-state index is 0.136. The van der Waals surface area contributed by atoms with Gasteiger partial charge in [-0.05, 0) is 20.3 Å². The standard InChI is InChI=1S/C12H18N4O4S/c1-4-9-12(18)14-10(17)6-16(9)21(19,20)11-7-15(5-2)8(3)13-11/h7,9H,4-6H2,1-3H3,(H,14,17,18). The van der Waals surface area contributed by atoms with Crippen molar-refractivity contribution in [2.75, 3.05) is 6.54 Å². The van der Waals surface area contributed by atoms with Crippen LogP contribution in [0.2, 0.25) is 0 Å². The molecule has 2 rings (SSSR count). The van der Waals surface area contributed by atoms with Crippen molar-refractivity contribution in [3.63, 3.8) is 0 Å². The van der Waals surface area contributed by atoms with Crippen LogP contribution in [0.15, 0.2) is 11.2 Å². The van der Waals surface area contributed by atoms with Crippen molar-refractivity contribution >= 4 is 21.8 Å². The van der Waals surface area contributed by atoms with Crippen molar-refractivity contribution in [2.45, 2.75) is 44.8 Å². The van der Waals surface area contributed by atoms with Crippen LogP contribution in [0.25, 0.3) is 0 Å². The van der Waals surface area contributed by atoms with Gasteiger partial charge in [-0.3, -0.25) is 14.9 Å². The molecule has 1 unspecified atom stereocenters. The highest BCUT2D eigenvalue weighted by molar-refractivity contribution is 7.89. The van der Waals surface area contributed by atoms with Crippen molar-refractivity contribution in [1.29, 1.82) is 0 Å². The normalized spacial score (nSPS) is 20.6. The van der Waals surface area contributed by atoms with E-state index in [2.05, 4.69) is 10.3 Å². The van der Waals surface area contributed by atoms with Gasteiger partial charge in [0.15, 0.2) is 5.03 Å². The van der Waals surface area contributed by atoms with Gasteiger partial charge in [-0.15, -0.1) is 0 Å². The van der Waals surface area contributed by atoms with Gasteiger partial charge in [0.25, 0.3) is 10.0 Å². The van der Waals surface area contributed by atoms with Crippen LogP contribution in [0.5, 0.6) is 0 Å². The Morgan fingerprint density at radius 1 is 1.38 bits per heavy atom. The number of imide groups is 1. The van der Waals surface area contributed by atoms with Crippen LogP contribution in [0, 0.1) is 6.92 Å². The zero-order valence-corrected chi connectivity index (χ0v) is 13.0. The largest absolute Gasteiger partial charge is 0.334 e. The van der Waals surface area contributed by atoms with Crippen molar-refractivity contribution in [3.8, 4) is 0 Å². The Balaban J connectivity index is 2.45. The zero-order valence-electron chi connectivity index (χ0n) is 12.2. The van der Waals surface area contributed by atoms with Gasteiger partial charge in [-0.25, -0.2) is 13.4 Å². The second-order valence-corrected chi connectivity index (χ2v) is 6.64. The van der Waals surface area contributed by atoms with Gasteiger partial charge >= 0.3 is 0 Å². The smallest absolute Gasteiger partial charge is 0.263 e. The van der Waals surface area contributed by atoms with E-state index in [-0.39, 0.29) is 18.0 Å². The first-order chi connectivity index (χ1) is 9.81. The first-order valence-corrected chi connectivity index (χ1v) is 8.14. The second kappa shape index (κ2) is 5.57. The molecule has 1 aliphatic heterocycles. The average molecular weight is 314 g/mol. The average Bonchev–Trinajstić information content (AvgIpc) is 2.80. The highest BCUT2D eigenvalue weighted by atomic mass is 32.2. The Morgan fingerprint density at radius 3 is 2.57 bits per heavy atom. The van der Waals surface area contributed by atoms with Gasteiger partial charge in [0.2, 0.25) is 11.8 Å². The number of hydrogen-bond acceptors (Lipinski definition) is 5. The number of aromatic nitrogens is 2. The third-order valence-corrected chi connectivity index (χ3v) is 5.19. The van der Waals surface area contributed by atoms with Gasteiger partial charge in [0, 0.05) is 12.7 Å². The summed E-state index contributed by atoms with van der Waals surface area (Å²) in [6.45, 7) is 5.49. The molecule has 1 aromatic heterocycles. The Labute approximate surface area is 123 Å². The molecule has 2 amide bonds. The van der Waals surface area contributed by atoms with E-state index in [1.165, 1.54) is 6.20 Å². The number of imidazole rings is 1. The Morgan fingerprint density at radius 2 is 2.05 bits per heavy atom. The number of nitrogens with zero attached hydrogens (tertiary/aromatic N) is 3. The minimum Gasteiger partial charge on any atom is -0.334 e. The summed E-state index contributed by atoms with van der Waals surface area (Å²) in [5.41, 5.74) is 0. The van der Waals surface area contributed by atoms with E-state index >= 15 is 0 Å². The number of carbonyl (C=O) groups excluding carboxylic acids is 2. The monoisotopic (exact) mass is 314 g/mol. The predicted octanol–water partition coefficient (Wildman–Crippen LogP) is -0.363. The third kappa shape index (κ3) is 2.70. The third-order valence-electron chi connectivity index (χ3n) is 3.47. The molecule has 0 bridgehead atoms. The van der Waals surface area contributed by atoms with E-state index < -0.39 is 27.9 Å². The molecule has 1 atom stereocenters. The maximum absolute atomic E-state index is 12.6. The Hall–Kier alpha value is -1.74. The van der Waals surface area contributed by atoms with Crippen molar-refractivity contribution in [3.05, 3.63) is 12.0 Å². The van der Waals surface area contributed by atoms with E-state index in [0.717, 1.165) is 4.31 Å². The van der Waals surface area contributed by atoms with Crippen LogP contribution in [0.1, 0.15) is 26.1 Å². The van der Waals surface area contributed by atoms with Crippen LogP contribution >= 0.6 is 0 Å². The minimum atomic E-state index is -3.98. The molecule has 1 fully saturated rings. The van der Waals surface area contributed by atoms with Crippen LogP contribution in [-0.2, 0) is 26.2 Å². The molecule has 8 nitrogen and oxygen atoms in total. The Bertz CT molecular complexity index is 679. The second-order valence-electron chi connectivity index (χ2n) is 4.80. The molecule has 2 heterocycles. The molecule has 1 aromatic rings. The molecule has 21 heavy (non-hydrogen) atoms. The fourth-order valence-electron chi connectivity index (χ4n) is 2.33. The number of hydrogen-bond donors (Lipinski definition) is 1. The summed E-state index contributed by atoms with van der Waals surface area (Å²) < 4.78 is 27.9. The maximum Gasteiger partial charge on any atom is 0.263 e. The lowest BCUT2D eigenvalue weighted by Crippen LogP contribution is -2.59. The van der Waals surface area contributed by atoms with Crippen LogP contribution in [0.3, 0.4) is 0 Å². The van der Waals surface area contributed by atoms with Crippen molar-refractivity contribution < 1.29 is 18.0 Å². The van der Waals surface area contributed by atoms with Crippen LogP contribution in [0.4, 0.5) is 0 Å². The lowest BCUT2D eigenvalue weighted by molar-refractivity contribution is -0.137. The molecule has 9 heteroatoms. The summed E-state index contributed by atoms with van der Waals surface area (Å²) in [5.74, 6) is -0.652.